The smallest absolute Gasteiger partial charge is 0.197 e. The first-order chi connectivity index (χ1) is 6.65. The minimum atomic E-state index is 0.636. The van der Waals surface area contributed by atoms with Crippen molar-refractivity contribution in [1.82, 2.24) is 9.97 Å². The van der Waals surface area contributed by atoms with E-state index >= 15 is 0 Å². The second kappa shape index (κ2) is 4.08. The minimum Gasteiger partial charge on any atom is -0.227 e. The fourth-order valence-electron chi connectivity index (χ4n) is 1.11. The van der Waals surface area contributed by atoms with Gasteiger partial charge in [-0.15, -0.1) is 11.3 Å². The zero-order chi connectivity index (χ0) is 10.1. The maximum atomic E-state index is 4.31. The van der Waals surface area contributed by atoms with Gasteiger partial charge < -0.3 is 0 Å². The second-order valence-electron chi connectivity index (χ2n) is 2.79. The van der Waals surface area contributed by atoms with Gasteiger partial charge in [0.05, 0.1) is 10.6 Å². The lowest BCUT2D eigenvalue weighted by molar-refractivity contribution is 1.06. The number of rotatable bonds is 1. The van der Waals surface area contributed by atoms with E-state index in [9.17, 15) is 0 Å². The zero-order valence-electron chi connectivity index (χ0n) is 7.29. The van der Waals surface area contributed by atoms with E-state index in [1.807, 2.05) is 18.4 Å². The summed E-state index contributed by atoms with van der Waals surface area (Å²) in [5.74, 6) is 0. The fourth-order valence-corrected chi connectivity index (χ4v) is 2.97. The van der Waals surface area contributed by atoms with E-state index in [0.717, 1.165) is 20.7 Å². The van der Waals surface area contributed by atoms with E-state index in [2.05, 4.69) is 47.9 Å². The van der Waals surface area contributed by atoms with E-state index in [4.69, 9.17) is 0 Å². The molecule has 0 unspecified atom stereocenters. The molecule has 0 aliphatic rings. The first-order valence-electron chi connectivity index (χ1n) is 3.91. The van der Waals surface area contributed by atoms with Crippen molar-refractivity contribution in [2.75, 3.05) is 0 Å². The van der Waals surface area contributed by atoms with Crippen LogP contribution in [0.5, 0.6) is 0 Å². The summed E-state index contributed by atoms with van der Waals surface area (Å²) in [7, 11) is 0. The van der Waals surface area contributed by atoms with Crippen LogP contribution in [0.15, 0.2) is 26.7 Å². The van der Waals surface area contributed by atoms with Crippen LogP contribution in [0.4, 0.5) is 0 Å². The average Bonchev–Trinajstić information content (AvgIpc) is 2.50. The van der Waals surface area contributed by atoms with Crippen molar-refractivity contribution in [3.8, 4) is 10.6 Å². The normalized spacial score (nSPS) is 10.5. The minimum absolute atomic E-state index is 0.636. The molecule has 0 saturated carbocycles. The highest BCUT2D eigenvalue weighted by Crippen LogP contribution is 2.29. The molecular weight excluding hydrogens is 328 g/mol. The topological polar surface area (TPSA) is 25.8 Å². The van der Waals surface area contributed by atoms with Crippen molar-refractivity contribution in [1.29, 1.82) is 0 Å². The van der Waals surface area contributed by atoms with Crippen molar-refractivity contribution >= 4 is 43.2 Å². The largest absolute Gasteiger partial charge is 0.227 e. The van der Waals surface area contributed by atoms with Crippen LogP contribution in [0.3, 0.4) is 0 Å². The molecule has 0 amide bonds. The van der Waals surface area contributed by atoms with E-state index in [1.54, 1.807) is 11.3 Å². The van der Waals surface area contributed by atoms with Crippen LogP contribution >= 0.6 is 43.2 Å². The Labute approximate surface area is 103 Å². The molecule has 72 valence electrons. The van der Waals surface area contributed by atoms with Crippen molar-refractivity contribution < 1.29 is 0 Å². The summed E-state index contributed by atoms with van der Waals surface area (Å²) in [4.78, 5) is 9.62. The number of hydrogen-bond donors (Lipinski definition) is 0. The predicted octanol–water partition coefficient (Wildman–Crippen LogP) is 4.04. The summed E-state index contributed by atoms with van der Waals surface area (Å²) in [6.07, 6.45) is 0. The zero-order valence-corrected chi connectivity index (χ0v) is 11.3. The first kappa shape index (κ1) is 10.3. The Morgan fingerprint density at radius 3 is 2.57 bits per heavy atom. The third-order valence-electron chi connectivity index (χ3n) is 1.65. The maximum Gasteiger partial charge on any atom is 0.197 e. The first-order valence-corrected chi connectivity index (χ1v) is 6.37. The highest BCUT2D eigenvalue weighted by Gasteiger charge is 2.05. The van der Waals surface area contributed by atoms with Crippen LogP contribution in [0.2, 0.25) is 0 Å². The van der Waals surface area contributed by atoms with Gasteiger partial charge in [-0.3, -0.25) is 0 Å². The second-order valence-corrected chi connectivity index (χ2v) is 5.33. The van der Waals surface area contributed by atoms with Gasteiger partial charge in [0.2, 0.25) is 0 Å². The quantitative estimate of drug-likeness (QED) is 0.736. The lowest BCUT2D eigenvalue weighted by atomic mass is 10.3. The Morgan fingerprint density at radius 1 is 1.21 bits per heavy atom. The molecule has 0 bridgehead atoms. The van der Waals surface area contributed by atoms with Crippen LogP contribution in [-0.2, 0) is 0 Å². The Morgan fingerprint density at radius 2 is 2.00 bits per heavy atom. The Balaban J connectivity index is 2.51. The van der Waals surface area contributed by atoms with Gasteiger partial charge >= 0.3 is 0 Å². The standard InChI is InChI=1S/C9H6Br2N2S/c1-5-2-7(13-9(11)12-5)8-3-6(10)4-14-8/h2-4H,1H3. The van der Waals surface area contributed by atoms with Crippen LogP contribution in [0, 0.1) is 6.92 Å². The van der Waals surface area contributed by atoms with Gasteiger partial charge in [0.25, 0.3) is 0 Å². The molecule has 2 nitrogen and oxygen atoms in total. The van der Waals surface area contributed by atoms with Crippen LogP contribution in [0.25, 0.3) is 10.6 Å². The van der Waals surface area contributed by atoms with Gasteiger partial charge in [-0.2, -0.15) is 0 Å². The lowest BCUT2D eigenvalue weighted by Crippen LogP contribution is -1.89. The fraction of sp³-hybridized carbons (Fsp3) is 0.111. The monoisotopic (exact) mass is 332 g/mol. The van der Waals surface area contributed by atoms with E-state index in [1.165, 1.54) is 0 Å². The van der Waals surface area contributed by atoms with E-state index in [-0.39, 0.29) is 0 Å². The Kier molecular flexibility index (Phi) is 2.99. The molecule has 5 heteroatoms. The Hall–Kier alpha value is -0.260. The number of halogens is 2. The molecule has 2 heterocycles. The Bertz CT molecular complexity index is 447. The molecule has 2 rings (SSSR count). The average molecular weight is 334 g/mol. The third kappa shape index (κ3) is 2.21. The highest BCUT2D eigenvalue weighted by atomic mass is 79.9. The number of aryl methyl sites for hydroxylation is 1. The van der Waals surface area contributed by atoms with Crippen LogP contribution in [-0.4, -0.2) is 9.97 Å². The molecule has 0 saturated heterocycles. The lowest BCUT2D eigenvalue weighted by Gasteiger charge is -1.98. The molecule has 0 aromatic carbocycles. The molecule has 0 aliphatic heterocycles. The van der Waals surface area contributed by atoms with Crippen molar-refractivity contribution in [3.63, 3.8) is 0 Å². The summed E-state index contributed by atoms with van der Waals surface area (Å²) >= 11 is 8.37. The van der Waals surface area contributed by atoms with Crippen molar-refractivity contribution in [2.45, 2.75) is 6.92 Å². The van der Waals surface area contributed by atoms with Gasteiger partial charge in [0.15, 0.2) is 4.73 Å². The van der Waals surface area contributed by atoms with E-state index < -0.39 is 0 Å². The molecule has 2 aromatic rings. The molecular formula is C9H6Br2N2S. The highest BCUT2D eigenvalue weighted by molar-refractivity contribution is 9.10. The molecule has 0 atom stereocenters. The summed E-state index contributed by atoms with van der Waals surface area (Å²) in [5, 5.41) is 2.04. The van der Waals surface area contributed by atoms with Gasteiger partial charge in [-0.25, -0.2) is 9.97 Å². The maximum absolute atomic E-state index is 4.31. The molecule has 0 spiro atoms. The molecule has 0 aliphatic carbocycles. The summed E-state index contributed by atoms with van der Waals surface area (Å²) in [6, 6.07) is 4.03. The number of thiophene rings is 1. The summed E-state index contributed by atoms with van der Waals surface area (Å²) < 4.78 is 1.72. The van der Waals surface area contributed by atoms with Crippen molar-refractivity contribution in [2.24, 2.45) is 0 Å². The number of nitrogens with zero attached hydrogens (tertiary/aromatic N) is 2. The van der Waals surface area contributed by atoms with Crippen LogP contribution in [0.1, 0.15) is 5.69 Å². The van der Waals surface area contributed by atoms with Gasteiger partial charge in [0.1, 0.15) is 0 Å². The molecule has 2 aromatic heterocycles. The van der Waals surface area contributed by atoms with Gasteiger partial charge in [-0.1, -0.05) is 0 Å². The SMILES string of the molecule is Cc1cc(-c2cc(Br)cs2)nc(Br)n1. The van der Waals surface area contributed by atoms with Gasteiger partial charge in [-0.05, 0) is 50.9 Å². The molecule has 14 heavy (non-hydrogen) atoms. The van der Waals surface area contributed by atoms with Crippen LogP contribution < -0.4 is 0 Å². The summed E-state index contributed by atoms with van der Waals surface area (Å²) in [6.45, 7) is 1.96. The number of hydrogen-bond acceptors (Lipinski definition) is 3. The number of aromatic nitrogens is 2. The molecule has 0 radical (unpaired) electrons. The predicted molar refractivity (Wildman–Crippen MR) is 65.5 cm³/mol. The van der Waals surface area contributed by atoms with Crippen molar-refractivity contribution in [3.05, 3.63) is 32.4 Å². The molecule has 0 N–H and O–H groups in total. The van der Waals surface area contributed by atoms with E-state index in [0.29, 0.717) is 4.73 Å². The molecule has 0 fully saturated rings. The third-order valence-corrected chi connectivity index (χ3v) is 3.72. The summed E-state index contributed by atoms with van der Waals surface area (Å²) in [5.41, 5.74) is 1.92. The van der Waals surface area contributed by atoms with Gasteiger partial charge in [0, 0.05) is 15.5 Å².